The first-order valence-electron chi connectivity index (χ1n) is 8.81. The van der Waals surface area contributed by atoms with Gasteiger partial charge in [0.1, 0.15) is 29.5 Å². The first-order chi connectivity index (χ1) is 14.7. The largest absolute Gasteiger partial charge is 0.486 e. The topological polar surface area (TPSA) is 104 Å². The second-order valence-electron chi connectivity index (χ2n) is 6.17. The van der Waals surface area contributed by atoms with Gasteiger partial charge in [-0.05, 0) is 24.3 Å². The molecular formula is C19H17F4N5O3. The van der Waals surface area contributed by atoms with Crippen LogP contribution in [0.3, 0.4) is 0 Å². The number of carbonyl (C=O) groups is 1. The van der Waals surface area contributed by atoms with Crippen molar-refractivity contribution in [3.05, 3.63) is 59.7 Å². The molecule has 1 aromatic carbocycles. The number of hydrogen-bond acceptors (Lipinski definition) is 6. The molecule has 2 heterocycles. The molecule has 12 heteroatoms. The minimum absolute atomic E-state index is 0.0680. The number of pyridine rings is 1. The zero-order chi connectivity index (χ0) is 22.6. The number of nitrogens with one attached hydrogen (secondary N) is 1. The van der Waals surface area contributed by atoms with E-state index in [9.17, 15) is 22.4 Å². The number of nitrogens with zero attached hydrogens (tertiary/aromatic N) is 3. The Bertz CT molecular complexity index is 1070. The van der Waals surface area contributed by atoms with E-state index >= 15 is 0 Å². The Morgan fingerprint density at radius 2 is 1.97 bits per heavy atom. The molecule has 0 saturated heterocycles. The van der Waals surface area contributed by atoms with Crippen molar-refractivity contribution in [1.29, 1.82) is 0 Å². The van der Waals surface area contributed by atoms with Gasteiger partial charge in [0.15, 0.2) is 11.6 Å². The maximum absolute atomic E-state index is 14.2. The van der Waals surface area contributed by atoms with Gasteiger partial charge in [0.2, 0.25) is 0 Å². The van der Waals surface area contributed by atoms with Crippen LogP contribution in [0, 0.1) is 5.82 Å². The minimum Gasteiger partial charge on any atom is -0.486 e. The number of methoxy groups -OCH3 is 1. The predicted molar refractivity (Wildman–Crippen MR) is 102 cm³/mol. The minimum atomic E-state index is -4.55. The number of nitrogens with two attached hydrogens (primary N) is 1. The maximum atomic E-state index is 14.2. The summed E-state index contributed by atoms with van der Waals surface area (Å²) in [6.07, 6.45) is -2.81. The van der Waals surface area contributed by atoms with E-state index in [0.717, 1.165) is 23.0 Å². The van der Waals surface area contributed by atoms with Crippen molar-refractivity contribution in [3.63, 3.8) is 0 Å². The summed E-state index contributed by atoms with van der Waals surface area (Å²) in [5, 5.41) is 6.35. The highest BCUT2D eigenvalue weighted by Gasteiger charge is 2.30. The Morgan fingerprint density at radius 1 is 1.19 bits per heavy atom. The number of anilines is 2. The Labute approximate surface area is 173 Å². The number of halogens is 4. The number of hydrogen-bond donors (Lipinski definition) is 2. The van der Waals surface area contributed by atoms with Gasteiger partial charge in [-0.25, -0.2) is 14.1 Å². The molecule has 0 unspecified atom stereocenters. The molecule has 3 rings (SSSR count). The third kappa shape index (κ3) is 4.91. The fourth-order valence-corrected chi connectivity index (χ4v) is 2.58. The molecule has 0 fully saturated rings. The average Bonchev–Trinajstić information content (AvgIpc) is 3.10. The molecule has 164 valence electrons. The lowest BCUT2D eigenvalue weighted by atomic mass is 10.2. The fourth-order valence-electron chi connectivity index (χ4n) is 2.58. The number of rotatable bonds is 7. The third-order valence-corrected chi connectivity index (χ3v) is 4.09. The Balaban J connectivity index is 1.83. The zero-order valence-corrected chi connectivity index (χ0v) is 16.1. The van der Waals surface area contributed by atoms with Crippen LogP contribution in [0.2, 0.25) is 0 Å². The van der Waals surface area contributed by atoms with Gasteiger partial charge in [-0.1, -0.05) is 6.07 Å². The Kier molecular flexibility index (Phi) is 6.39. The summed E-state index contributed by atoms with van der Waals surface area (Å²) in [4.78, 5) is 16.1. The van der Waals surface area contributed by atoms with Crippen LogP contribution in [0.5, 0.6) is 5.75 Å². The number of nitrogen functional groups attached to an aromatic ring is 1. The van der Waals surface area contributed by atoms with E-state index in [1.54, 1.807) is 0 Å². The highest BCUT2D eigenvalue weighted by molar-refractivity contribution is 6.06. The number of para-hydroxylation sites is 1. The number of aromatic nitrogens is 3. The molecule has 0 aliphatic rings. The van der Waals surface area contributed by atoms with Crippen molar-refractivity contribution in [2.75, 3.05) is 31.4 Å². The summed E-state index contributed by atoms with van der Waals surface area (Å²) in [6, 6.07) is 5.89. The van der Waals surface area contributed by atoms with Crippen molar-refractivity contribution in [2.24, 2.45) is 0 Å². The fraction of sp³-hybridized carbons (Fsp3) is 0.211. The van der Waals surface area contributed by atoms with Gasteiger partial charge in [0.25, 0.3) is 5.91 Å². The SMILES string of the molecule is COCCOc1c(F)cccc1-n1ncc(C(=O)Nc2ccc(C(F)(F)F)cn2)c1N. The monoisotopic (exact) mass is 439 g/mol. The molecule has 1 amide bonds. The quantitative estimate of drug-likeness (QED) is 0.433. The van der Waals surface area contributed by atoms with Crippen LogP contribution in [0.1, 0.15) is 15.9 Å². The molecule has 0 radical (unpaired) electrons. The summed E-state index contributed by atoms with van der Waals surface area (Å²) in [5.74, 6) is -1.80. The van der Waals surface area contributed by atoms with Gasteiger partial charge in [0.05, 0.1) is 18.4 Å². The van der Waals surface area contributed by atoms with E-state index in [1.807, 2.05) is 0 Å². The number of benzene rings is 1. The van der Waals surface area contributed by atoms with E-state index in [1.165, 1.54) is 25.3 Å². The molecular weight excluding hydrogens is 422 g/mol. The van der Waals surface area contributed by atoms with E-state index < -0.39 is 23.5 Å². The van der Waals surface area contributed by atoms with Crippen LogP contribution in [0.4, 0.5) is 29.2 Å². The first-order valence-corrected chi connectivity index (χ1v) is 8.81. The molecule has 0 aliphatic carbocycles. The summed E-state index contributed by atoms with van der Waals surface area (Å²) >= 11 is 0. The smallest absolute Gasteiger partial charge is 0.417 e. The molecule has 0 spiro atoms. The predicted octanol–water partition coefficient (Wildman–Crippen LogP) is 3.28. The zero-order valence-electron chi connectivity index (χ0n) is 16.1. The van der Waals surface area contributed by atoms with E-state index in [0.29, 0.717) is 6.20 Å². The van der Waals surface area contributed by atoms with Crippen LogP contribution in [0.15, 0.2) is 42.7 Å². The third-order valence-electron chi connectivity index (χ3n) is 4.09. The highest BCUT2D eigenvalue weighted by Crippen LogP contribution is 2.30. The van der Waals surface area contributed by atoms with Gasteiger partial charge in [0, 0.05) is 13.3 Å². The maximum Gasteiger partial charge on any atom is 0.417 e. The molecule has 0 aliphatic heterocycles. The number of amides is 1. The molecule has 0 atom stereocenters. The lowest BCUT2D eigenvalue weighted by molar-refractivity contribution is -0.137. The van der Waals surface area contributed by atoms with Crippen LogP contribution < -0.4 is 15.8 Å². The molecule has 0 saturated carbocycles. The van der Waals surface area contributed by atoms with Gasteiger partial charge >= 0.3 is 6.18 Å². The van der Waals surface area contributed by atoms with Crippen LogP contribution >= 0.6 is 0 Å². The van der Waals surface area contributed by atoms with Crippen molar-refractivity contribution < 1.29 is 31.8 Å². The molecule has 0 bridgehead atoms. The van der Waals surface area contributed by atoms with E-state index in [4.69, 9.17) is 15.2 Å². The van der Waals surface area contributed by atoms with Crippen LogP contribution in [-0.4, -0.2) is 41.0 Å². The second kappa shape index (κ2) is 9.00. The van der Waals surface area contributed by atoms with Gasteiger partial charge in [-0.2, -0.15) is 18.3 Å². The first kappa shape index (κ1) is 22.0. The molecule has 3 N–H and O–H groups in total. The Morgan fingerprint density at radius 3 is 2.61 bits per heavy atom. The van der Waals surface area contributed by atoms with Gasteiger partial charge < -0.3 is 20.5 Å². The second-order valence-corrected chi connectivity index (χ2v) is 6.17. The summed E-state index contributed by atoms with van der Waals surface area (Å²) < 4.78 is 63.5. The van der Waals surface area contributed by atoms with Crippen molar-refractivity contribution in [1.82, 2.24) is 14.8 Å². The standard InChI is InChI=1S/C19H17F4N5O3/c1-30-7-8-31-16-13(20)3-2-4-14(16)28-17(24)12(10-26-28)18(29)27-15-6-5-11(9-25-15)19(21,22)23/h2-6,9-10H,7-8,24H2,1H3,(H,25,27,29). The average molecular weight is 439 g/mol. The van der Waals surface area contributed by atoms with Crippen molar-refractivity contribution >= 4 is 17.5 Å². The number of ether oxygens (including phenoxy) is 2. The van der Waals surface area contributed by atoms with E-state index in [2.05, 4.69) is 15.4 Å². The molecule has 31 heavy (non-hydrogen) atoms. The van der Waals surface area contributed by atoms with Gasteiger partial charge in [-0.3, -0.25) is 4.79 Å². The van der Waals surface area contributed by atoms with Crippen molar-refractivity contribution in [3.8, 4) is 11.4 Å². The van der Waals surface area contributed by atoms with Crippen LogP contribution in [-0.2, 0) is 10.9 Å². The lowest BCUT2D eigenvalue weighted by Gasteiger charge is -2.13. The highest BCUT2D eigenvalue weighted by atomic mass is 19.4. The molecule has 8 nitrogen and oxygen atoms in total. The summed E-state index contributed by atoms with van der Waals surface area (Å²) in [6.45, 7) is 0.286. The number of carbonyl (C=O) groups excluding carboxylic acids is 1. The van der Waals surface area contributed by atoms with Gasteiger partial charge in [-0.15, -0.1) is 0 Å². The molecule has 3 aromatic rings. The van der Waals surface area contributed by atoms with Crippen molar-refractivity contribution in [2.45, 2.75) is 6.18 Å². The summed E-state index contributed by atoms with van der Waals surface area (Å²) in [5.41, 5.74) is 5.12. The van der Waals surface area contributed by atoms with Crippen LogP contribution in [0.25, 0.3) is 5.69 Å². The summed E-state index contributed by atoms with van der Waals surface area (Å²) in [7, 11) is 1.47. The Hall–Kier alpha value is -3.67. The molecule has 2 aromatic heterocycles. The van der Waals surface area contributed by atoms with E-state index in [-0.39, 0.29) is 41.8 Å². The number of alkyl halides is 3. The lowest BCUT2D eigenvalue weighted by Crippen LogP contribution is -2.16. The normalized spacial score (nSPS) is 11.4.